The molecule has 4 nitrogen and oxygen atoms in total. The third-order valence-corrected chi connectivity index (χ3v) is 4.11. The molecule has 0 spiro atoms. The molecular formula is C16H26N2O2. The van der Waals surface area contributed by atoms with Crippen LogP contribution in [0.2, 0.25) is 0 Å². The summed E-state index contributed by atoms with van der Waals surface area (Å²) in [6.45, 7) is 5.63. The molecule has 2 unspecified atom stereocenters. The zero-order valence-electron chi connectivity index (χ0n) is 13.0. The SMILES string of the molecule is COc1ccc(OC)c(C(C)NCC2CCN(C)C2)c1. The Balaban J connectivity index is 1.98. The lowest BCUT2D eigenvalue weighted by Crippen LogP contribution is -2.27. The van der Waals surface area contributed by atoms with E-state index in [9.17, 15) is 0 Å². The average Bonchev–Trinajstić information content (AvgIpc) is 2.89. The second-order valence-corrected chi connectivity index (χ2v) is 5.65. The van der Waals surface area contributed by atoms with Crippen molar-refractivity contribution in [1.29, 1.82) is 0 Å². The number of hydrogen-bond acceptors (Lipinski definition) is 4. The van der Waals surface area contributed by atoms with Crippen LogP contribution in [0.3, 0.4) is 0 Å². The van der Waals surface area contributed by atoms with E-state index in [4.69, 9.17) is 9.47 Å². The maximum absolute atomic E-state index is 5.45. The normalized spacial score (nSPS) is 20.9. The number of ether oxygens (including phenoxy) is 2. The van der Waals surface area contributed by atoms with E-state index in [1.54, 1.807) is 14.2 Å². The smallest absolute Gasteiger partial charge is 0.123 e. The van der Waals surface area contributed by atoms with Crippen LogP contribution >= 0.6 is 0 Å². The van der Waals surface area contributed by atoms with Gasteiger partial charge in [0.1, 0.15) is 11.5 Å². The van der Waals surface area contributed by atoms with Gasteiger partial charge in [0.05, 0.1) is 14.2 Å². The van der Waals surface area contributed by atoms with Crippen LogP contribution < -0.4 is 14.8 Å². The summed E-state index contributed by atoms with van der Waals surface area (Å²) in [4.78, 5) is 2.39. The van der Waals surface area contributed by atoms with Gasteiger partial charge in [0.15, 0.2) is 0 Å². The highest BCUT2D eigenvalue weighted by atomic mass is 16.5. The molecule has 1 heterocycles. The van der Waals surface area contributed by atoms with Gasteiger partial charge in [0, 0.05) is 18.2 Å². The fraction of sp³-hybridized carbons (Fsp3) is 0.625. The molecule has 2 rings (SSSR count). The minimum Gasteiger partial charge on any atom is -0.497 e. The molecule has 0 aromatic heterocycles. The largest absolute Gasteiger partial charge is 0.497 e. The summed E-state index contributed by atoms with van der Waals surface area (Å²) in [7, 11) is 5.59. The minimum atomic E-state index is 0.256. The first-order chi connectivity index (χ1) is 9.63. The van der Waals surface area contributed by atoms with Crippen LogP contribution in [0.15, 0.2) is 18.2 Å². The van der Waals surface area contributed by atoms with Crippen LogP contribution in [0.5, 0.6) is 11.5 Å². The van der Waals surface area contributed by atoms with Gasteiger partial charge in [-0.2, -0.15) is 0 Å². The molecule has 0 amide bonds. The van der Waals surface area contributed by atoms with Crippen LogP contribution in [0.25, 0.3) is 0 Å². The number of nitrogens with zero attached hydrogens (tertiary/aromatic N) is 1. The van der Waals surface area contributed by atoms with Gasteiger partial charge in [-0.05, 0) is 57.6 Å². The number of rotatable bonds is 6. The van der Waals surface area contributed by atoms with Crippen molar-refractivity contribution in [1.82, 2.24) is 10.2 Å². The van der Waals surface area contributed by atoms with Gasteiger partial charge in [0.2, 0.25) is 0 Å². The van der Waals surface area contributed by atoms with E-state index < -0.39 is 0 Å². The van der Waals surface area contributed by atoms with Gasteiger partial charge < -0.3 is 19.7 Å². The summed E-state index contributed by atoms with van der Waals surface area (Å²) >= 11 is 0. The fourth-order valence-corrected chi connectivity index (χ4v) is 2.82. The molecule has 4 heteroatoms. The predicted octanol–water partition coefficient (Wildman–Crippen LogP) is 2.31. The topological polar surface area (TPSA) is 33.7 Å². The van der Waals surface area contributed by atoms with Crippen molar-refractivity contribution < 1.29 is 9.47 Å². The summed E-state index contributed by atoms with van der Waals surface area (Å²) in [5, 5.41) is 3.63. The number of methoxy groups -OCH3 is 2. The zero-order chi connectivity index (χ0) is 14.5. The first-order valence-corrected chi connectivity index (χ1v) is 7.28. The predicted molar refractivity (Wildman–Crippen MR) is 81.6 cm³/mol. The molecule has 2 atom stereocenters. The van der Waals surface area contributed by atoms with Gasteiger partial charge >= 0.3 is 0 Å². The molecule has 112 valence electrons. The van der Waals surface area contributed by atoms with Crippen molar-refractivity contribution in [3.8, 4) is 11.5 Å². The van der Waals surface area contributed by atoms with Crippen molar-refractivity contribution in [3.05, 3.63) is 23.8 Å². The maximum Gasteiger partial charge on any atom is 0.123 e. The van der Waals surface area contributed by atoms with Crippen molar-refractivity contribution in [3.63, 3.8) is 0 Å². The summed E-state index contributed by atoms with van der Waals surface area (Å²) in [6, 6.07) is 6.21. The third kappa shape index (κ3) is 3.64. The first-order valence-electron chi connectivity index (χ1n) is 7.28. The second kappa shape index (κ2) is 6.95. The highest BCUT2D eigenvalue weighted by molar-refractivity contribution is 5.42. The fourth-order valence-electron chi connectivity index (χ4n) is 2.82. The lowest BCUT2D eigenvalue weighted by molar-refractivity contribution is 0.373. The Morgan fingerprint density at radius 3 is 2.75 bits per heavy atom. The Hall–Kier alpha value is -1.26. The number of nitrogens with one attached hydrogen (secondary N) is 1. The summed E-state index contributed by atoms with van der Waals surface area (Å²) < 4.78 is 10.8. The average molecular weight is 278 g/mol. The molecule has 1 N–H and O–H groups in total. The third-order valence-electron chi connectivity index (χ3n) is 4.11. The molecule has 1 saturated heterocycles. The Morgan fingerprint density at radius 1 is 1.35 bits per heavy atom. The van der Waals surface area contributed by atoms with Crippen LogP contribution in [0, 0.1) is 5.92 Å². The second-order valence-electron chi connectivity index (χ2n) is 5.65. The molecule has 0 radical (unpaired) electrons. The lowest BCUT2D eigenvalue weighted by atomic mass is 10.0. The molecule has 0 aliphatic carbocycles. The van der Waals surface area contributed by atoms with Gasteiger partial charge in [-0.1, -0.05) is 0 Å². The molecule has 20 heavy (non-hydrogen) atoms. The monoisotopic (exact) mass is 278 g/mol. The van der Waals surface area contributed by atoms with E-state index in [1.807, 2.05) is 12.1 Å². The Labute approximate surface area is 122 Å². The van der Waals surface area contributed by atoms with E-state index in [0.717, 1.165) is 29.5 Å². The Bertz CT molecular complexity index is 436. The standard InChI is InChI=1S/C16H26N2O2/c1-12(17-10-13-7-8-18(2)11-13)15-9-14(19-3)5-6-16(15)20-4/h5-6,9,12-13,17H,7-8,10-11H2,1-4H3. The molecule has 1 aliphatic heterocycles. The van der Waals surface area contributed by atoms with E-state index in [-0.39, 0.29) is 6.04 Å². The number of likely N-dealkylation sites (tertiary alicyclic amines) is 1. The van der Waals surface area contributed by atoms with E-state index in [0.29, 0.717) is 0 Å². The van der Waals surface area contributed by atoms with Crippen molar-refractivity contribution in [2.24, 2.45) is 5.92 Å². The van der Waals surface area contributed by atoms with Crippen molar-refractivity contribution in [2.45, 2.75) is 19.4 Å². The highest BCUT2D eigenvalue weighted by Gasteiger charge is 2.20. The van der Waals surface area contributed by atoms with Crippen molar-refractivity contribution >= 4 is 0 Å². The Morgan fingerprint density at radius 2 is 2.15 bits per heavy atom. The molecule has 1 aliphatic rings. The first kappa shape index (κ1) is 15.1. The summed E-state index contributed by atoms with van der Waals surface area (Å²) in [6.07, 6.45) is 1.28. The summed E-state index contributed by atoms with van der Waals surface area (Å²) in [5.74, 6) is 2.53. The number of benzene rings is 1. The zero-order valence-corrected chi connectivity index (χ0v) is 13.0. The Kier molecular flexibility index (Phi) is 5.26. The molecule has 0 saturated carbocycles. The van der Waals surface area contributed by atoms with Crippen molar-refractivity contribution in [2.75, 3.05) is 40.9 Å². The number of hydrogen-bond donors (Lipinski definition) is 1. The quantitative estimate of drug-likeness (QED) is 0.866. The molecular weight excluding hydrogens is 252 g/mol. The van der Waals surface area contributed by atoms with Crippen LogP contribution in [0.4, 0.5) is 0 Å². The summed E-state index contributed by atoms with van der Waals surface area (Å²) in [5.41, 5.74) is 1.15. The van der Waals surface area contributed by atoms with Crippen LogP contribution in [0.1, 0.15) is 24.9 Å². The highest BCUT2D eigenvalue weighted by Crippen LogP contribution is 2.29. The molecule has 0 bridgehead atoms. The van der Waals surface area contributed by atoms with Gasteiger partial charge in [-0.25, -0.2) is 0 Å². The van der Waals surface area contributed by atoms with Crippen LogP contribution in [-0.2, 0) is 0 Å². The van der Waals surface area contributed by atoms with Gasteiger partial charge in [-0.15, -0.1) is 0 Å². The lowest BCUT2D eigenvalue weighted by Gasteiger charge is -2.20. The maximum atomic E-state index is 5.45. The molecule has 1 aromatic carbocycles. The molecule has 1 aromatic rings. The van der Waals surface area contributed by atoms with E-state index in [2.05, 4.69) is 30.3 Å². The van der Waals surface area contributed by atoms with E-state index >= 15 is 0 Å². The van der Waals surface area contributed by atoms with Gasteiger partial charge in [-0.3, -0.25) is 0 Å². The molecule has 1 fully saturated rings. The van der Waals surface area contributed by atoms with E-state index in [1.165, 1.54) is 19.5 Å². The minimum absolute atomic E-state index is 0.256. The van der Waals surface area contributed by atoms with Gasteiger partial charge in [0.25, 0.3) is 0 Å². The van der Waals surface area contributed by atoms with Crippen LogP contribution in [-0.4, -0.2) is 45.8 Å².